The number of ether oxygens (including phenoxy) is 2. The van der Waals surface area contributed by atoms with E-state index < -0.39 is 7.12 Å². The van der Waals surface area contributed by atoms with Crippen molar-refractivity contribution in [3.63, 3.8) is 0 Å². The summed E-state index contributed by atoms with van der Waals surface area (Å²) in [5, 5.41) is 20.0. The maximum Gasteiger partial charge on any atom is 0.492 e. The van der Waals surface area contributed by atoms with E-state index in [1.54, 1.807) is 7.11 Å². The summed E-state index contributed by atoms with van der Waals surface area (Å²) in [5.74, 6) is 3.70. The average Bonchev–Trinajstić information content (AvgIpc) is 2.71. The van der Waals surface area contributed by atoms with Gasteiger partial charge in [-0.25, -0.2) is 0 Å². The Kier molecular flexibility index (Phi) is 4.83. The predicted octanol–water partition coefficient (Wildman–Crippen LogP) is 3.42. The lowest BCUT2D eigenvalue weighted by atomic mass is 9.47. The molecule has 0 atom stereocenters. The predicted molar refractivity (Wildman–Crippen MR) is 113 cm³/mol. The van der Waals surface area contributed by atoms with E-state index in [1.165, 1.54) is 38.5 Å². The van der Waals surface area contributed by atoms with Crippen LogP contribution in [0.3, 0.4) is 0 Å². The summed E-state index contributed by atoms with van der Waals surface area (Å²) in [6, 6.07) is 14.0. The second-order valence-electron chi connectivity index (χ2n) is 9.44. The molecule has 4 bridgehead atoms. The van der Waals surface area contributed by atoms with Crippen LogP contribution in [0, 0.1) is 17.8 Å². The summed E-state index contributed by atoms with van der Waals surface area (Å²) in [4.78, 5) is 0. The van der Waals surface area contributed by atoms with Crippen LogP contribution >= 0.6 is 0 Å². The van der Waals surface area contributed by atoms with E-state index >= 15 is 0 Å². The van der Waals surface area contributed by atoms with Gasteiger partial charge in [0.2, 0.25) is 0 Å². The molecule has 4 nitrogen and oxygen atoms in total. The highest BCUT2D eigenvalue weighted by Gasteiger charge is 2.52. The Morgan fingerprint density at radius 3 is 2.10 bits per heavy atom. The second-order valence-corrected chi connectivity index (χ2v) is 9.44. The number of hydrogen-bond donors (Lipinski definition) is 2. The molecule has 0 radical (unpaired) electrons. The first-order valence-corrected chi connectivity index (χ1v) is 10.8. The minimum atomic E-state index is -1.55. The van der Waals surface area contributed by atoms with E-state index in [-0.39, 0.29) is 5.41 Å². The summed E-state index contributed by atoms with van der Waals surface area (Å²) >= 11 is 0. The van der Waals surface area contributed by atoms with Crippen LogP contribution in [0.5, 0.6) is 11.5 Å². The van der Waals surface area contributed by atoms with Crippen molar-refractivity contribution < 1.29 is 19.5 Å². The molecule has 152 valence electrons. The van der Waals surface area contributed by atoms with E-state index in [2.05, 4.69) is 12.1 Å². The third-order valence-electron chi connectivity index (χ3n) is 7.46. The minimum Gasteiger partial charge on any atom is -0.497 e. The fourth-order valence-corrected chi connectivity index (χ4v) is 6.67. The highest BCUT2D eigenvalue weighted by molar-refractivity contribution is 6.59. The van der Waals surface area contributed by atoms with Gasteiger partial charge in [0.25, 0.3) is 0 Å². The highest BCUT2D eigenvalue weighted by Crippen LogP contribution is 2.62. The van der Waals surface area contributed by atoms with Gasteiger partial charge in [-0.15, -0.1) is 0 Å². The second kappa shape index (κ2) is 7.37. The third kappa shape index (κ3) is 3.45. The molecule has 0 amide bonds. The van der Waals surface area contributed by atoms with Crippen LogP contribution in [0.15, 0.2) is 42.5 Å². The van der Waals surface area contributed by atoms with E-state index in [9.17, 15) is 10.0 Å². The molecule has 0 unspecified atom stereocenters. The van der Waals surface area contributed by atoms with Gasteiger partial charge in [0.05, 0.1) is 7.11 Å². The molecule has 4 fully saturated rings. The molecule has 4 saturated carbocycles. The van der Waals surface area contributed by atoms with Crippen LogP contribution in [0.25, 0.3) is 0 Å². The summed E-state index contributed by atoms with van der Waals surface area (Å²) in [7, 11) is 0.00726. The molecule has 0 aromatic heterocycles. The van der Waals surface area contributed by atoms with Gasteiger partial charge in [-0.05, 0) is 67.3 Å². The smallest absolute Gasteiger partial charge is 0.492 e. The molecule has 5 heteroatoms. The average molecular weight is 392 g/mol. The lowest BCUT2D eigenvalue weighted by molar-refractivity contribution is -0.00646. The monoisotopic (exact) mass is 392 g/mol. The first-order valence-electron chi connectivity index (χ1n) is 10.8. The van der Waals surface area contributed by atoms with E-state index in [0.29, 0.717) is 17.8 Å². The Morgan fingerprint density at radius 1 is 0.931 bits per heavy atom. The number of hydrogen-bond acceptors (Lipinski definition) is 4. The molecule has 29 heavy (non-hydrogen) atoms. The summed E-state index contributed by atoms with van der Waals surface area (Å²) in [6.45, 7) is 0.490. The van der Waals surface area contributed by atoms with Crippen LogP contribution < -0.4 is 14.9 Å². The molecule has 0 heterocycles. The van der Waals surface area contributed by atoms with Crippen molar-refractivity contribution >= 4 is 12.6 Å². The minimum absolute atomic E-state index is 0.0939. The van der Waals surface area contributed by atoms with Crippen LogP contribution in [0.4, 0.5) is 0 Å². The summed E-state index contributed by atoms with van der Waals surface area (Å²) in [5.41, 5.74) is 2.80. The standard InChI is InChI=1S/C24H29BO4/c1-28-23-11-22(29-15-16-5-3-2-4-6-16)20(10-21(23)25(26)27)24-12-17-7-18(13-24)9-19(8-17)14-24/h2-6,10-11,17-19,26-27H,7-9,12-15H2,1H3. The lowest BCUT2D eigenvalue weighted by Gasteiger charge is -2.57. The Labute approximate surface area is 173 Å². The molecule has 2 N–H and O–H groups in total. The maximum atomic E-state index is 9.98. The summed E-state index contributed by atoms with van der Waals surface area (Å²) < 4.78 is 11.8. The molecule has 6 rings (SSSR count). The van der Waals surface area contributed by atoms with Crippen LogP contribution in [0.1, 0.15) is 49.7 Å². The SMILES string of the molecule is COc1cc(OCc2ccccc2)c(C23CC4CC(CC(C4)C2)C3)cc1B(O)O. The molecule has 0 saturated heterocycles. The van der Waals surface area contributed by atoms with Crippen LogP contribution in [0.2, 0.25) is 0 Å². The molecular weight excluding hydrogens is 363 g/mol. The zero-order chi connectivity index (χ0) is 20.0. The Hall–Kier alpha value is -1.98. The van der Waals surface area contributed by atoms with Crippen LogP contribution in [-0.2, 0) is 12.0 Å². The van der Waals surface area contributed by atoms with Gasteiger partial charge in [0, 0.05) is 17.1 Å². The van der Waals surface area contributed by atoms with Crippen molar-refractivity contribution in [2.45, 2.75) is 50.5 Å². The molecule has 0 aliphatic heterocycles. The normalized spacial score (nSPS) is 29.7. The van der Waals surface area contributed by atoms with Gasteiger partial charge in [-0.1, -0.05) is 36.4 Å². The van der Waals surface area contributed by atoms with Gasteiger partial charge in [0.1, 0.15) is 18.1 Å². The van der Waals surface area contributed by atoms with E-state index in [0.717, 1.165) is 34.6 Å². The quantitative estimate of drug-likeness (QED) is 0.740. The van der Waals surface area contributed by atoms with Crippen molar-refractivity contribution in [3.8, 4) is 11.5 Å². The van der Waals surface area contributed by atoms with Gasteiger partial charge < -0.3 is 19.5 Å². The highest BCUT2D eigenvalue weighted by atomic mass is 16.5. The first-order chi connectivity index (χ1) is 14.1. The van der Waals surface area contributed by atoms with Gasteiger partial charge in [0.15, 0.2) is 0 Å². The molecule has 4 aliphatic rings. The Bertz CT molecular complexity index is 845. The van der Waals surface area contributed by atoms with Crippen LogP contribution in [-0.4, -0.2) is 24.3 Å². The van der Waals surface area contributed by atoms with E-state index in [1.807, 2.05) is 30.3 Å². The lowest BCUT2D eigenvalue weighted by Crippen LogP contribution is -2.49. The fourth-order valence-electron chi connectivity index (χ4n) is 6.67. The van der Waals surface area contributed by atoms with Crippen molar-refractivity contribution in [3.05, 3.63) is 53.6 Å². The zero-order valence-corrected chi connectivity index (χ0v) is 17.0. The molecule has 2 aromatic carbocycles. The topological polar surface area (TPSA) is 58.9 Å². The number of rotatable bonds is 6. The van der Waals surface area contributed by atoms with Gasteiger partial charge in [-0.3, -0.25) is 0 Å². The number of methoxy groups -OCH3 is 1. The van der Waals surface area contributed by atoms with Gasteiger partial charge >= 0.3 is 7.12 Å². The largest absolute Gasteiger partial charge is 0.497 e. The molecule has 4 aliphatic carbocycles. The van der Waals surface area contributed by atoms with Crippen molar-refractivity contribution in [1.29, 1.82) is 0 Å². The fraction of sp³-hybridized carbons (Fsp3) is 0.500. The molecular formula is C24H29BO4. The van der Waals surface area contributed by atoms with Crippen molar-refractivity contribution in [1.82, 2.24) is 0 Å². The Balaban J connectivity index is 1.56. The first kappa shape index (κ1) is 19.0. The Morgan fingerprint density at radius 2 is 1.55 bits per heavy atom. The molecule has 2 aromatic rings. The molecule has 0 spiro atoms. The van der Waals surface area contributed by atoms with Crippen molar-refractivity contribution in [2.75, 3.05) is 7.11 Å². The van der Waals surface area contributed by atoms with Crippen molar-refractivity contribution in [2.24, 2.45) is 17.8 Å². The zero-order valence-electron chi connectivity index (χ0n) is 17.0. The third-order valence-corrected chi connectivity index (χ3v) is 7.46. The van der Waals surface area contributed by atoms with E-state index in [4.69, 9.17) is 9.47 Å². The maximum absolute atomic E-state index is 9.98. The summed E-state index contributed by atoms with van der Waals surface area (Å²) in [6.07, 6.45) is 7.66. The number of benzene rings is 2. The van der Waals surface area contributed by atoms with Gasteiger partial charge in [-0.2, -0.15) is 0 Å².